The van der Waals surface area contributed by atoms with E-state index in [-0.39, 0.29) is 11.3 Å². The van der Waals surface area contributed by atoms with Crippen molar-refractivity contribution in [3.05, 3.63) is 104 Å². The first kappa shape index (κ1) is 25.4. The van der Waals surface area contributed by atoms with Crippen molar-refractivity contribution in [1.29, 1.82) is 0 Å². The average molecular weight is 586 g/mol. The summed E-state index contributed by atoms with van der Waals surface area (Å²) in [5.74, 6) is 0.702. The maximum absolute atomic E-state index is 11.0. The van der Waals surface area contributed by atoms with E-state index in [0.717, 1.165) is 24.0 Å². The zero-order valence-electron chi connectivity index (χ0n) is 20.0. The first-order valence-corrected chi connectivity index (χ1v) is 13.4. The third kappa shape index (κ3) is 4.40. The molecule has 2 heterocycles. The fourth-order valence-corrected chi connectivity index (χ4v) is 5.47. The van der Waals surface area contributed by atoms with Crippen LogP contribution in [0, 0.1) is 0 Å². The van der Waals surface area contributed by atoms with Gasteiger partial charge in [0.25, 0.3) is 5.89 Å². The zero-order valence-corrected chi connectivity index (χ0v) is 23.0. The van der Waals surface area contributed by atoms with Gasteiger partial charge in [0, 0.05) is 26.2 Å². The molecule has 0 amide bonds. The maximum atomic E-state index is 11.0. The lowest BCUT2D eigenvalue weighted by Gasteiger charge is -2.13. The molecule has 3 aromatic carbocycles. The molecular weight excluding hydrogens is 566 g/mol. The van der Waals surface area contributed by atoms with Crippen molar-refractivity contribution < 1.29 is 9.52 Å². The molecule has 10 heteroatoms. The van der Waals surface area contributed by atoms with Gasteiger partial charge in [0.15, 0.2) is 5.69 Å². The normalized spacial score (nSPS) is 15.0. The molecule has 5 aromatic rings. The molecule has 0 bridgehead atoms. The molecule has 38 heavy (non-hydrogen) atoms. The van der Waals surface area contributed by atoms with Crippen LogP contribution in [0.3, 0.4) is 0 Å². The Kier molecular flexibility index (Phi) is 6.49. The van der Waals surface area contributed by atoms with Gasteiger partial charge in [-0.05, 0) is 67.8 Å². The lowest BCUT2D eigenvalue weighted by atomic mass is 9.96. The molecule has 1 atom stereocenters. The fraction of sp³-hybridized carbons (Fsp3) is 0.179. The van der Waals surface area contributed by atoms with Gasteiger partial charge in [-0.1, -0.05) is 70.7 Å². The second-order valence-electron chi connectivity index (χ2n) is 9.30. The third-order valence-electron chi connectivity index (χ3n) is 6.78. The highest BCUT2D eigenvalue weighted by Crippen LogP contribution is 2.53. The minimum absolute atomic E-state index is 0.204. The van der Waals surface area contributed by atoms with Gasteiger partial charge in [-0.2, -0.15) is 5.10 Å². The van der Waals surface area contributed by atoms with Crippen LogP contribution in [0.4, 0.5) is 0 Å². The molecule has 0 saturated heterocycles. The minimum atomic E-state index is -0.919. The van der Waals surface area contributed by atoms with Crippen LogP contribution in [-0.4, -0.2) is 25.1 Å². The van der Waals surface area contributed by atoms with Crippen LogP contribution in [0.1, 0.15) is 42.9 Å². The molecule has 0 spiro atoms. The van der Waals surface area contributed by atoms with Crippen LogP contribution in [-0.2, 0) is 5.41 Å². The monoisotopic (exact) mass is 584 g/mol. The van der Waals surface area contributed by atoms with Gasteiger partial charge in [-0.15, -0.1) is 10.2 Å². The molecule has 1 aliphatic carbocycles. The molecule has 0 aliphatic heterocycles. The van der Waals surface area contributed by atoms with E-state index in [4.69, 9.17) is 55.9 Å². The van der Waals surface area contributed by atoms with E-state index in [9.17, 15) is 5.11 Å². The SMILES string of the molecule is CC(O)c1c(-c2nnc(C3(c4ccc(Cl)cc4)CC3)o2)nn(-c2ccc(Cl)cc2Cl)c1-c1ccc(Cl)cc1. The summed E-state index contributed by atoms with van der Waals surface area (Å²) in [7, 11) is 0. The maximum Gasteiger partial charge on any atom is 0.268 e. The first-order valence-electron chi connectivity index (χ1n) is 11.9. The van der Waals surface area contributed by atoms with Gasteiger partial charge in [-0.3, -0.25) is 0 Å². The van der Waals surface area contributed by atoms with Crippen LogP contribution >= 0.6 is 46.4 Å². The zero-order chi connectivity index (χ0) is 26.6. The van der Waals surface area contributed by atoms with Crippen molar-refractivity contribution >= 4 is 46.4 Å². The number of aromatic nitrogens is 4. The molecule has 1 fully saturated rings. The number of benzene rings is 3. The molecule has 1 N–H and O–H groups in total. The first-order chi connectivity index (χ1) is 18.3. The Labute approximate surface area is 238 Å². The molecule has 1 unspecified atom stereocenters. The minimum Gasteiger partial charge on any atom is -0.418 e. The molecule has 1 saturated carbocycles. The predicted octanol–water partition coefficient (Wildman–Crippen LogP) is 8.34. The Morgan fingerprint density at radius 3 is 2.11 bits per heavy atom. The fourth-order valence-electron chi connectivity index (χ4n) is 4.73. The number of aliphatic hydroxyl groups is 1. The van der Waals surface area contributed by atoms with Crippen molar-refractivity contribution in [2.75, 3.05) is 0 Å². The third-order valence-corrected chi connectivity index (χ3v) is 7.82. The smallest absolute Gasteiger partial charge is 0.268 e. The van der Waals surface area contributed by atoms with Crippen LogP contribution in [0.2, 0.25) is 20.1 Å². The topological polar surface area (TPSA) is 77.0 Å². The van der Waals surface area contributed by atoms with Gasteiger partial charge in [0.1, 0.15) is 0 Å². The molecule has 0 radical (unpaired) electrons. The van der Waals surface area contributed by atoms with E-state index < -0.39 is 6.10 Å². The number of hydrogen-bond acceptors (Lipinski definition) is 5. The van der Waals surface area contributed by atoms with E-state index in [0.29, 0.717) is 48.6 Å². The Morgan fingerprint density at radius 1 is 0.868 bits per heavy atom. The second-order valence-corrected chi connectivity index (χ2v) is 11.0. The largest absolute Gasteiger partial charge is 0.418 e. The summed E-state index contributed by atoms with van der Waals surface area (Å²) < 4.78 is 7.93. The average Bonchev–Trinajstić information content (AvgIpc) is 3.37. The van der Waals surface area contributed by atoms with Gasteiger partial charge >= 0.3 is 0 Å². The van der Waals surface area contributed by atoms with Gasteiger partial charge in [-0.25, -0.2) is 4.68 Å². The number of aliphatic hydroxyl groups excluding tert-OH is 1. The lowest BCUT2D eigenvalue weighted by Crippen LogP contribution is -2.08. The van der Waals surface area contributed by atoms with Crippen molar-refractivity contribution in [2.45, 2.75) is 31.3 Å². The Balaban J connectivity index is 1.53. The van der Waals surface area contributed by atoms with Gasteiger partial charge < -0.3 is 9.52 Å². The van der Waals surface area contributed by atoms with E-state index >= 15 is 0 Å². The van der Waals surface area contributed by atoms with E-state index in [1.807, 2.05) is 36.4 Å². The Bertz CT molecular complexity index is 1640. The molecule has 2 aromatic heterocycles. The number of halogens is 4. The molecule has 6 nitrogen and oxygen atoms in total. The summed E-state index contributed by atoms with van der Waals surface area (Å²) in [6.07, 6.45) is 0.839. The predicted molar refractivity (Wildman–Crippen MR) is 149 cm³/mol. The summed E-state index contributed by atoms with van der Waals surface area (Å²) >= 11 is 25.0. The number of hydrogen-bond donors (Lipinski definition) is 1. The van der Waals surface area contributed by atoms with Crippen molar-refractivity contribution in [3.63, 3.8) is 0 Å². The quantitative estimate of drug-likeness (QED) is 0.217. The van der Waals surface area contributed by atoms with Crippen molar-refractivity contribution in [2.24, 2.45) is 0 Å². The number of nitrogens with zero attached hydrogens (tertiary/aromatic N) is 4. The highest BCUT2D eigenvalue weighted by Gasteiger charge is 2.51. The second kappa shape index (κ2) is 9.70. The molecule has 1 aliphatic rings. The van der Waals surface area contributed by atoms with E-state index in [1.165, 1.54) is 0 Å². The van der Waals surface area contributed by atoms with Crippen LogP contribution in [0.25, 0.3) is 28.5 Å². The van der Waals surface area contributed by atoms with Crippen molar-refractivity contribution in [3.8, 4) is 28.5 Å². The van der Waals surface area contributed by atoms with Crippen LogP contribution < -0.4 is 0 Å². The van der Waals surface area contributed by atoms with Gasteiger partial charge in [0.05, 0.1) is 27.9 Å². The summed E-state index contributed by atoms with van der Waals surface area (Å²) in [6, 6.07) is 20.1. The van der Waals surface area contributed by atoms with Crippen LogP contribution in [0.15, 0.2) is 71.1 Å². The highest BCUT2D eigenvalue weighted by atomic mass is 35.5. The van der Waals surface area contributed by atoms with Crippen molar-refractivity contribution in [1.82, 2.24) is 20.0 Å². The summed E-state index contributed by atoms with van der Waals surface area (Å²) in [5, 5.41) is 26.7. The standard InChI is InChI=1S/C28H20Cl4N4O2/c1-15(37)23-24(26-33-34-27(38-26)28(12-13-28)17-4-8-19(30)9-5-17)35-36(22-11-10-20(31)14-21(22)32)25(23)16-2-6-18(29)7-3-16/h2-11,14-15,37H,12-13H2,1H3. The van der Waals surface area contributed by atoms with E-state index in [2.05, 4.69) is 10.2 Å². The van der Waals surface area contributed by atoms with E-state index in [1.54, 1.807) is 41.9 Å². The Morgan fingerprint density at radius 2 is 1.50 bits per heavy atom. The lowest BCUT2D eigenvalue weighted by molar-refractivity contribution is 0.200. The summed E-state index contributed by atoms with van der Waals surface area (Å²) in [6.45, 7) is 1.67. The van der Waals surface area contributed by atoms with Gasteiger partial charge in [0.2, 0.25) is 5.89 Å². The molecule has 6 rings (SSSR count). The molecule has 192 valence electrons. The Hall–Kier alpha value is -2.87. The molecular formula is C28H20Cl4N4O2. The highest BCUT2D eigenvalue weighted by molar-refractivity contribution is 6.35. The summed E-state index contributed by atoms with van der Waals surface area (Å²) in [4.78, 5) is 0. The van der Waals surface area contributed by atoms with Crippen LogP contribution in [0.5, 0.6) is 0 Å². The number of rotatable bonds is 6. The summed E-state index contributed by atoms with van der Waals surface area (Å²) in [5.41, 5.74) is 3.56.